The molecule has 5 rings (SSSR count). The Kier molecular flexibility index (Phi) is 3.60. The summed E-state index contributed by atoms with van der Waals surface area (Å²) in [5, 5.41) is 14.5. The molecule has 0 fully saturated rings. The Balaban J connectivity index is 1.98. The molecule has 0 amide bonds. The molecule has 0 N–H and O–H groups in total. The Morgan fingerprint density at radius 3 is 2.44 bits per heavy atom. The van der Waals surface area contributed by atoms with Crippen LogP contribution in [0.25, 0.3) is 42.1 Å². The van der Waals surface area contributed by atoms with Crippen molar-refractivity contribution in [3.05, 3.63) is 78.4 Å². The molecule has 0 atom stereocenters. The minimum absolute atomic E-state index is 0.551. The zero-order valence-corrected chi connectivity index (χ0v) is 15.5. The number of ether oxygens (including phenoxy) is 1. The van der Waals surface area contributed by atoms with Crippen LogP contribution < -0.4 is 4.74 Å². The van der Waals surface area contributed by atoms with E-state index in [0.717, 1.165) is 5.56 Å². The van der Waals surface area contributed by atoms with Gasteiger partial charge in [-0.1, -0.05) is 48.5 Å². The maximum atomic E-state index is 9.55. The van der Waals surface area contributed by atoms with E-state index in [4.69, 9.17) is 4.74 Å². The van der Waals surface area contributed by atoms with E-state index in [1.807, 2.05) is 29.5 Å². The minimum Gasteiger partial charge on any atom is -0.495 e. The van der Waals surface area contributed by atoms with E-state index < -0.39 is 0 Å². The standard InChI is InChI=1S/C24H15NOS/c1-26-20-11-10-16(12-17(20)14-25)23-18-7-3-2-6-15(18)13-22-24(23)19-8-4-5-9-21(19)27-22/h2-13H,1H3. The number of hydrogen-bond acceptors (Lipinski definition) is 3. The molecule has 1 heterocycles. The number of benzene rings is 4. The normalized spacial score (nSPS) is 11.1. The van der Waals surface area contributed by atoms with Gasteiger partial charge in [0.25, 0.3) is 0 Å². The zero-order chi connectivity index (χ0) is 18.4. The largest absolute Gasteiger partial charge is 0.495 e. The number of methoxy groups -OCH3 is 1. The van der Waals surface area contributed by atoms with E-state index in [9.17, 15) is 5.26 Å². The highest BCUT2D eigenvalue weighted by Crippen LogP contribution is 2.44. The maximum absolute atomic E-state index is 9.55. The molecule has 1 aromatic heterocycles. The Morgan fingerprint density at radius 1 is 0.852 bits per heavy atom. The summed E-state index contributed by atoms with van der Waals surface area (Å²) >= 11 is 1.81. The van der Waals surface area contributed by atoms with Gasteiger partial charge in [0, 0.05) is 20.2 Å². The van der Waals surface area contributed by atoms with Crippen molar-refractivity contribution in [1.29, 1.82) is 5.26 Å². The lowest BCUT2D eigenvalue weighted by molar-refractivity contribution is 0.413. The summed E-state index contributed by atoms with van der Waals surface area (Å²) in [6.07, 6.45) is 0. The molecule has 0 unspecified atom stereocenters. The van der Waals surface area contributed by atoms with Gasteiger partial charge in [-0.15, -0.1) is 11.3 Å². The summed E-state index contributed by atoms with van der Waals surface area (Å²) < 4.78 is 7.88. The summed E-state index contributed by atoms with van der Waals surface area (Å²) in [6.45, 7) is 0. The van der Waals surface area contributed by atoms with E-state index in [1.54, 1.807) is 7.11 Å². The van der Waals surface area contributed by atoms with Crippen molar-refractivity contribution in [3.8, 4) is 22.9 Å². The molecule has 128 valence electrons. The van der Waals surface area contributed by atoms with Crippen molar-refractivity contribution in [1.82, 2.24) is 0 Å². The molecule has 0 radical (unpaired) electrons. The van der Waals surface area contributed by atoms with Gasteiger partial charge < -0.3 is 4.74 Å². The maximum Gasteiger partial charge on any atom is 0.136 e. The Bertz CT molecular complexity index is 1370. The fourth-order valence-corrected chi connectivity index (χ4v) is 4.96. The minimum atomic E-state index is 0.551. The number of fused-ring (bicyclic) bond motifs is 4. The van der Waals surface area contributed by atoms with E-state index in [2.05, 4.69) is 60.7 Å². The third kappa shape index (κ3) is 2.38. The average molecular weight is 365 g/mol. The van der Waals surface area contributed by atoms with E-state index in [1.165, 1.54) is 36.5 Å². The Hall–Kier alpha value is -3.35. The first-order chi connectivity index (χ1) is 13.3. The lowest BCUT2D eigenvalue weighted by Crippen LogP contribution is -1.90. The van der Waals surface area contributed by atoms with Crippen LogP contribution in [0.5, 0.6) is 5.75 Å². The second-order valence-corrected chi connectivity index (χ2v) is 7.55. The quantitative estimate of drug-likeness (QED) is 0.346. The Labute approximate surface area is 160 Å². The predicted octanol–water partition coefficient (Wildman–Crippen LogP) is 6.75. The molecular formula is C24H15NOS. The summed E-state index contributed by atoms with van der Waals surface area (Å²) in [6, 6.07) is 27.4. The van der Waals surface area contributed by atoms with E-state index >= 15 is 0 Å². The van der Waals surface area contributed by atoms with Crippen molar-refractivity contribution >= 4 is 42.3 Å². The molecule has 27 heavy (non-hydrogen) atoms. The molecule has 0 spiro atoms. The van der Waals surface area contributed by atoms with Gasteiger partial charge in [0.15, 0.2) is 0 Å². The number of rotatable bonds is 2. The second-order valence-electron chi connectivity index (χ2n) is 6.47. The molecular weight excluding hydrogens is 350 g/mol. The topological polar surface area (TPSA) is 33.0 Å². The molecule has 0 saturated heterocycles. The van der Waals surface area contributed by atoms with Crippen LogP contribution in [0.1, 0.15) is 5.56 Å². The SMILES string of the molecule is COc1ccc(-c2c3ccccc3cc3sc4ccccc4c23)cc1C#N. The highest BCUT2D eigenvalue weighted by molar-refractivity contribution is 7.26. The van der Waals surface area contributed by atoms with Crippen molar-refractivity contribution in [3.63, 3.8) is 0 Å². The first-order valence-electron chi connectivity index (χ1n) is 8.71. The summed E-state index contributed by atoms with van der Waals surface area (Å²) in [4.78, 5) is 0. The van der Waals surface area contributed by atoms with Crippen LogP contribution in [0.4, 0.5) is 0 Å². The van der Waals surface area contributed by atoms with Gasteiger partial charge in [-0.05, 0) is 46.2 Å². The third-order valence-corrected chi connectivity index (χ3v) is 6.12. The number of hydrogen-bond donors (Lipinski definition) is 0. The van der Waals surface area contributed by atoms with Crippen molar-refractivity contribution < 1.29 is 4.74 Å². The zero-order valence-electron chi connectivity index (χ0n) is 14.7. The van der Waals surface area contributed by atoms with Crippen molar-refractivity contribution in [2.75, 3.05) is 7.11 Å². The third-order valence-electron chi connectivity index (χ3n) is 5.00. The Morgan fingerprint density at radius 2 is 1.63 bits per heavy atom. The number of thiophene rings is 1. The van der Waals surface area contributed by atoms with Gasteiger partial charge in [-0.25, -0.2) is 0 Å². The summed E-state index contributed by atoms with van der Waals surface area (Å²) in [5.41, 5.74) is 2.77. The molecule has 3 heteroatoms. The summed E-state index contributed by atoms with van der Waals surface area (Å²) in [7, 11) is 1.60. The van der Waals surface area contributed by atoms with E-state index in [0.29, 0.717) is 11.3 Å². The molecule has 0 aliphatic carbocycles. The first-order valence-corrected chi connectivity index (χ1v) is 9.53. The lowest BCUT2D eigenvalue weighted by atomic mass is 9.92. The average Bonchev–Trinajstić information content (AvgIpc) is 3.09. The highest BCUT2D eigenvalue weighted by atomic mass is 32.1. The summed E-state index contributed by atoms with van der Waals surface area (Å²) in [5.74, 6) is 0.605. The van der Waals surface area contributed by atoms with Gasteiger partial charge in [0.1, 0.15) is 11.8 Å². The second kappa shape index (κ2) is 6.12. The van der Waals surface area contributed by atoms with Crippen LogP contribution >= 0.6 is 11.3 Å². The smallest absolute Gasteiger partial charge is 0.136 e. The predicted molar refractivity (Wildman–Crippen MR) is 114 cm³/mol. The van der Waals surface area contributed by atoms with Gasteiger partial charge in [0.2, 0.25) is 0 Å². The fourth-order valence-electron chi connectivity index (χ4n) is 3.80. The van der Waals surface area contributed by atoms with Crippen LogP contribution in [-0.4, -0.2) is 7.11 Å². The van der Waals surface area contributed by atoms with Gasteiger partial charge in [-0.3, -0.25) is 0 Å². The van der Waals surface area contributed by atoms with Crippen LogP contribution in [0.15, 0.2) is 72.8 Å². The molecule has 4 aromatic carbocycles. The molecule has 0 saturated carbocycles. The number of nitriles is 1. The van der Waals surface area contributed by atoms with Crippen LogP contribution in [-0.2, 0) is 0 Å². The number of nitrogens with zero attached hydrogens (tertiary/aromatic N) is 1. The van der Waals surface area contributed by atoms with Crippen LogP contribution in [0.2, 0.25) is 0 Å². The molecule has 0 bridgehead atoms. The fraction of sp³-hybridized carbons (Fsp3) is 0.0417. The molecule has 5 aromatic rings. The highest BCUT2D eigenvalue weighted by Gasteiger charge is 2.16. The molecule has 2 nitrogen and oxygen atoms in total. The molecule has 0 aliphatic heterocycles. The molecule has 0 aliphatic rings. The van der Waals surface area contributed by atoms with Gasteiger partial charge in [-0.2, -0.15) is 5.26 Å². The van der Waals surface area contributed by atoms with Crippen LogP contribution in [0, 0.1) is 11.3 Å². The first kappa shape index (κ1) is 15.9. The monoisotopic (exact) mass is 365 g/mol. The van der Waals surface area contributed by atoms with Crippen molar-refractivity contribution in [2.24, 2.45) is 0 Å². The lowest BCUT2D eigenvalue weighted by Gasteiger charge is -2.12. The van der Waals surface area contributed by atoms with Gasteiger partial charge in [0.05, 0.1) is 12.7 Å². The van der Waals surface area contributed by atoms with Crippen molar-refractivity contribution in [2.45, 2.75) is 0 Å². The van der Waals surface area contributed by atoms with E-state index in [-0.39, 0.29) is 0 Å². The van der Waals surface area contributed by atoms with Gasteiger partial charge >= 0.3 is 0 Å². The van der Waals surface area contributed by atoms with Crippen LogP contribution in [0.3, 0.4) is 0 Å².